The van der Waals surface area contributed by atoms with E-state index in [0.717, 1.165) is 18.4 Å². The van der Waals surface area contributed by atoms with Crippen LogP contribution in [-0.2, 0) is 0 Å². The lowest BCUT2D eigenvalue weighted by Crippen LogP contribution is -2.57. The monoisotopic (exact) mass is 391 g/mol. The highest BCUT2D eigenvalue weighted by atomic mass is 16.4. The van der Waals surface area contributed by atoms with Crippen LogP contribution in [0.3, 0.4) is 0 Å². The highest BCUT2D eigenvalue weighted by molar-refractivity contribution is 5.81. The van der Waals surface area contributed by atoms with E-state index < -0.39 is 34.7 Å². The van der Waals surface area contributed by atoms with Crippen molar-refractivity contribution < 1.29 is 20.4 Å². The standard InChI is InChI=1S/C23H37NO4/c1-12(2)24-11-14-9-22-10-19(26)23(28)17(8-18(25)21(23,4)5)13(3)16(22)7-6-15(14)20(22)27/h9,11-13,15-20,25-28H,6-8,10H2,1-5H3/t13-,15-,16-,17-,18-,19+,20+,22+,23-/m0/s1. The first-order chi connectivity index (χ1) is 13.0. The summed E-state index contributed by atoms with van der Waals surface area (Å²) in [7, 11) is 0. The minimum atomic E-state index is -1.35. The Kier molecular flexibility index (Phi) is 4.67. The van der Waals surface area contributed by atoms with Crippen molar-refractivity contribution in [3.8, 4) is 0 Å². The molecule has 3 saturated carbocycles. The van der Waals surface area contributed by atoms with E-state index in [9.17, 15) is 20.4 Å². The van der Waals surface area contributed by atoms with Gasteiger partial charge in [-0.15, -0.1) is 0 Å². The van der Waals surface area contributed by atoms with Gasteiger partial charge in [0.05, 0.1) is 18.3 Å². The number of aliphatic hydroxyl groups is 4. The van der Waals surface area contributed by atoms with E-state index in [2.05, 4.69) is 18.0 Å². The van der Waals surface area contributed by atoms with E-state index in [4.69, 9.17) is 0 Å². The van der Waals surface area contributed by atoms with Crippen LogP contribution in [0.1, 0.15) is 60.3 Å². The zero-order valence-electron chi connectivity index (χ0n) is 17.8. The van der Waals surface area contributed by atoms with Crippen LogP contribution in [0.2, 0.25) is 0 Å². The third-order valence-electron chi connectivity index (χ3n) is 9.03. The maximum absolute atomic E-state index is 11.8. The molecule has 0 aromatic heterocycles. The number of hydrogen-bond donors (Lipinski definition) is 4. The Morgan fingerprint density at radius 2 is 1.79 bits per heavy atom. The first kappa shape index (κ1) is 20.5. The summed E-state index contributed by atoms with van der Waals surface area (Å²) >= 11 is 0. The zero-order chi connectivity index (χ0) is 20.6. The van der Waals surface area contributed by atoms with Crippen molar-refractivity contribution >= 4 is 6.21 Å². The molecule has 0 saturated heterocycles. The van der Waals surface area contributed by atoms with Gasteiger partial charge in [-0.1, -0.05) is 26.8 Å². The third kappa shape index (κ3) is 2.43. The summed E-state index contributed by atoms with van der Waals surface area (Å²) in [4.78, 5) is 4.55. The van der Waals surface area contributed by atoms with Gasteiger partial charge in [0.15, 0.2) is 0 Å². The predicted octanol–water partition coefficient (Wildman–Crippen LogP) is 2.32. The molecule has 28 heavy (non-hydrogen) atoms. The minimum absolute atomic E-state index is 0.0596. The number of aliphatic hydroxyl groups excluding tert-OH is 3. The van der Waals surface area contributed by atoms with Gasteiger partial charge in [0.1, 0.15) is 5.60 Å². The molecule has 0 aromatic carbocycles. The number of aliphatic imine (C=N–C) groups is 1. The van der Waals surface area contributed by atoms with E-state index in [-0.39, 0.29) is 29.7 Å². The lowest BCUT2D eigenvalue weighted by Gasteiger charge is -2.47. The molecule has 4 aliphatic carbocycles. The van der Waals surface area contributed by atoms with Crippen LogP contribution in [0.25, 0.3) is 0 Å². The van der Waals surface area contributed by atoms with Crippen molar-refractivity contribution in [3.05, 3.63) is 11.6 Å². The van der Waals surface area contributed by atoms with Gasteiger partial charge in [-0.2, -0.15) is 0 Å². The summed E-state index contributed by atoms with van der Waals surface area (Å²) in [5, 5.41) is 45.2. The third-order valence-corrected chi connectivity index (χ3v) is 9.03. The Labute approximate surface area is 168 Å². The average molecular weight is 392 g/mol. The smallest absolute Gasteiger partial charge is 0.101 e. The first-order valence-corrected chi connectivity index (χ1v) is 11.0. The molecule has 158 valence electrons. The Hall–Kier alpha value is -0.750. The summed E-state index contributed by atoms with van der Waals surface area (Å²) in [6, 6.07) is 0.202. The van der Waals surface area contributed by atoms with Gasteiger partial charge in [-0.05, 0) is 62.9 Å². The maximum atomic E-state index is 11.8. The molecular weight excluding hydrogens is 354 g/mol. The molecule has 4 N–H and O–H groups in total. The lowest BCUT2D eigenvalue weighted by atomic mass is 9.59. The second-order valence-corrected chi connectivity index (χ2v) is 10.8. The second kappa shape index (κ2) is 6.37. The molecule has 0 amide bonds. The van der Waals surface area contributed by atoms with Gasteiger partial charge in [0.25, 0.3) is 0 Å². The molecule has 0 heterocycles. The molecule has 5 nitrogen and oxygen atoms in total. The molecule has 0 aliphatic heterocycles. The summed E-state index contributed by atoms with van der Waals surface area (Å²) in [5.41, 5.74) is -1.58. The topological polar surface area (TPSA) is 93.3 Å². The Balaban J connectivity index is 1.80. The summed E-state index contributed by atoms with van der Waals surface area (Å²) < 4.78 is 0. The highest BCUT2D eigenvalue weighted by Gasteiger charge is 2.70. The number of hydrogen-bond acceptors (Lipinski definition) is 5. The molecule has 1 spiro atoms. The normalized spacial score (nSPS) is 52.5. The Morgan fingerprint density at radius 1 is 1.11 bits per heavy atom. The van der Waals surface area contributed by atoms with Crippen molar-refractivity contribution in [2.24, 2.45) is 39.5 Å². The lowest BCUT2D eigenvalue weighted by molar-refractivity contribution is -0.177. The molecule has 2 bridgehead atoms. The van der Waals surface area contributed by atoms with Crippen molar-refractivity contribution in [3.63, 3.8) is 0 Å². The van der Waals surface area contributed by atoms with E-state index in [0.29, 0.717) is 12.8 Å². The fourth-order valence-corrected chi connectivity index (χ4v) is 7.31. The summed E-state index contributed by atoms with van der Waals surface area (Å²) in [5.74, 6) is 0.164. The molecule has 9 atom stereocenters. The van der Waals surface area contributed by atoms with Crippen molar-refractivity contribution in [2.45, 2.75) is 90.3 Å². The Bertz CT molecular complexity index is 701. The van der Waals surface area contributed by atoms with Crippen molar-refractivity contribution in [1.29, 1.82) is 0 Å². The number of nitrogens with zero attached hydrogens (tertiary/aromatic N) is 1. The van der Waals surface area contributed by atoms with Gasteiger partial charge in [-0.25, -0.2) is 0 Å². The van der Waals surface area contributed by atoms with E-state index in [1.54, 1.807) is 0 Å². The number of fused-ring (bicyclic) bond motifs is 2. The van der Waals surface area contributed by atoms with Crippen molar-refractivity contribution in [2.75, 3.05) is 0 Å². The number of rotatable bonds is 2. The molecule has 5 heteroatoms. The predicted molar refractivity (Wildman–Crippen MR) is 109 cm³/mol. The van der Waals surface area contributed by atoms with Gasteiger partial charge in [0.2, 0.25) is 0 Å². The Morgan fingerprint density at radius 3 is 2.43 bits per heavy atom. The van der Waals surface area contributed by atoms with Crippen LogP contribution in [0.5, 0.6) is 0 Å². The first-order valence-electron chi connectivity index (χ1n) is 11.0. The average Bonchev–Trinajstić information content (AvgIpc) is 2.86. The summed E-state index contributed by atoms with van der Waals surface area (Å²) in [6.45, 7) is 9.96. The molecular formula is C23H37NO4. The van der Waals surface area contributed by atoms with Gasteiger partial charge in [-0.3, -0.25) is 4.99 Å². The van der Waals surface area contributed by atoms with Crippen LogP contribution in [0, 0.1) is 34.5 Å². The van der Waals surface area contributed by atoms with Crippen LogP contribution in [0.15, 0.2) is 16.6 Å². The van der Waals surface area contributed by atoms with E-state index in [1.807, 2.05) is 33.9 Å². The highest BCUT2D eigenvalue weighted by Crippen LogP contribution is 2.66. The molecule has 0 radical (unpaired) electrons. The molecule has 3 fully saturated rings. The molecule has 4 aliphatic rings. The fourth-order valence-electron chi connectivity index (χ4n) is 7.31. The van der Waals surface area contributed by atoms with Crippen LogP contribution >= 0.6 is 0 Å². The second-order valence-electron chi connectivity index (χ2n) is 10.8. The van der Waals surface area contributed by atoms with Gasteiger partial charge in [0, 0.05) is 29.0 Å². The largest absolute Gasteiger partial charge is 0.392 e. The molecule has 0 aromatic rings. The quantitative estimate of drug-likeness (QED) is 0.544. The van der Waals surface area contributed by atoms with Gasteiger partial charge >= 0.3 is 0 Å². The van der Waals surface area contributed by atoms with E-state index in [1.165, 1.54) is 0 Å². The van der Waals surface area contributed by atoms with Crippen LogP contribution in [-0.4, -0.2) is 56.6 Å². The van der Waals surface area contributed by atoms with Crippen molar-refractivity contribution in [1.82, 2.24) is 0 Å². The van der Waals surface area contributed by atoms with Gasteiger partial charge < -0.3 is 20.4 Å². The van der Waals surface area contributed by atoms with Crippen LogP contribution < -0.4 is 0 Å². The fraction of sp³-hybridized carbons (Fsp3) is 0.870. The SMILES string of the molecule is CC(C)N=CC1=C[C@@]23C[C@@H](O)[C@@]4(O)[C@@H](C[C@H](O)C4(C)C)[C@@H](C)[C@@H]2CC[C@@H]1[C@H]3O. The zero-order valence-corrected chi connectivity index (χ0v) is 17.8. The maximum Gasteiger partial charge on any atom is 0.101 e. The molecule has 0 unspecified atom stereocenters. The van der Waals surface area contributed by atoms with Crippen LogP contribution in [0.4, 0.5) is 0 Å². The molecule has 4 rings (SSSR count). The summed E-state index contributed by atoms with van der Waals surface area (Å²) in [6.07, 6.45) is 4.63. The van der Waals surface area contributed by atoms with E-state index >= 15 is 0 Å². The minimum Gasteiger partial charge on any atom is -0.392 e.